The highest BCUT2D eigenvalue weighted by Gasteiger charge is 2.36. The molecule has 78 valence electrons. The van der Waals surface area contributed by atoms with Gasteiger partial charge in [-0.15, -0.1) is 0 Å². The molecular formula is C10H15NO3. The molecule has 4 heteroatoms. The second-order valence-electron chi connectivity index (χ2n) is 3.70. The molecule has 1 aromatic heterocycles. The first-order valence-corrected chi connectivity index (χ1v) is 4.37. The lowest BCUT2D eigenvalue weighted by Crippen LogP contribution is -2.47. The minimum Gasteiger partial charge on any atom is -0.469 e. The van der Waals surface area contributed by atoms with Gasteiger partial charge in [0.05, 0.1) is 13.4 Å². The summed E-state index contributed by atoms with van der Waals surface area (Å²) in [6.07, 6.45) is 1.56. The number of rotatable bonds is 3. The largest absolute Gasteiger partial charge is 0.469 e. The highest BCUT2D eigenvalue weighted by molar-refractivity contribution is 5.77. The summed E-state index contributed by atoms with van der Waals surface area (Å²) in [5.74, 6) is 0.238. The SMILES string of the molecule is COC(=O)C(N)C(C)(C)c1ccco1. The number of carbonyl (C=O) groups is 1. The summed E-state index contributed by atoms with van der Waals surface area (Å²) in [5, 5.41) is 0. The van der Waals surface area contributed by atoms with E-state index in [2.05, 4.69) is 4.74 Å². The molecule has 0 aliphatic heterocycles. The van der Waals surface area contributed by atoms with Crippen molar-refractivity contribution in [1.29, 1.82) is 0 Å². The Labute approximate surface area is 83.0 Å². The fourth-order valence-electron chi connectivity index (χ4n) is 1.22. The predicted molar refractivity (Wildman–Crippen MR) is 51.7 cm³/mol. The maximum atomic E-state index is 11.3. The Bertz CT molecular complexity index is 303. The van der Waals surface area contributed by atoms with Gasteiger partial charge in [-0.1, -0.05) is 13.8 Å². The Balaban J connectivity index is 2.90. The van der Waals surface area contributed by atoms with E-state index < -0.39 is 17.4 Å². The lowest BCUT2D eigenvalue weighted by atomic mass is 9.82. The minimum atomic E-state index is -0.723. The van der Waals surface area contributed by atoms with Crippen molar-refractivity contribution in [2.75, 3.05) is 7.11 Å². The molecule has 1 unspecified atom stereocenters. The number of furan rings is 1. The van der Waals surface area contributed by atoms with Crippen LogP contribution in [-0.2, 0) is 14.9 Å². The third-order valence-corrected chi connectivity index (χ3v) is 2.39. The Morgan fingerprint density at radius 3 is 2.71 bits per heavy atom. The quantitative estimate of drug-likeness (QED) is 0.736. The number of methoxy groups -OCH3 is 1. The summed E-state index contributed by atoms with van der Waals surface area (Å²) in [7, 11) is 1.32. The zero-order chi connectivity index (χ0) is 10.8. The van der Waals surface area contributed by atoms with Crippen molar-refractivity contribution in [2.24, 2.45) is 5.73 Å². The molecule has 0 bridgehead atoms. The molecule has 0 amide bonds. The van der Waals surface area contributed by atoms with Crippen LogP contribution in [0, 0.1) is 0 Å². The average Bonchev–Trinajstić information content (AvgIpc) is 2.68. The van der Waals surface area contributed by atoms with E-state index in [1.807, 2.05) is 13.8 Å². The molecule has 0 radical (unpaired) electrons. The molecule has 4 nitrogen and oxygen atoms in total. The molecule has 0 aliphatic rings. The molecule has 0 aromatic carbocycles. The number of hydrogen-bond acceptors (Lipinski definition) is 4. The maximum Gasteiger partial charge on any atom is 0.323 e. The van der Waals surface area contributed by atoms with Gasteiger partial charge < -0.3 is 14.9 Å². The highest BCUT2D eigenvalue weighted by Crippen LogP contribution is 2.26. The van der Waals surface area contributed by atoms with E-state index in [9.17, 15) is 4.79 Å². The molecule has 1 heterocycles. The molecule has 14 heavy (non-hydrogen) atoms. The maximum absolute atomic E-state index is 11.3. The summed E-state index contributed by atoms with van der Waals surface area (Å²) in [6, 6.07) is 2.84. The summed E-state index contributed by atoms with van der Waals surface area (Å²) < 4.78 is 9.82. The van der Waals surface area contributed by atoms with E-state index in [1.165, 1.54) is 7.11 Å². The van der Waals surface area contributed by atoms with E-state index in [4.69, 9.17) is 10.2 Å². The first-order valence-electron chi connectivity index (χ1n) is 4.37. The molecule has 0 saturated heterocycles. The Hall–Kier alpha value is -1.29. The zero-order valence-electron chi connectivity index (χ0n) is 8.61. The van der Waals surface area contributed by atoms with Gasteiger partial charge in [-0.2, -0.15) is 0 Å². The summed E-state index contributed by atoms with van der Waals surface area (Å²) in [6.45, 7) is 3.68. The van der Waals surface area contributed by atoms with E-state index in [-0.39, 0.29) is 0 Å². The lowest BCUT2D eigenvalue weighted by Gasteiger charge is -2.27. The number of ether oxygens (including phenoxy) is 1. The van der Waals surface area contributed by atoms with Gasteiger partial charge in [0.1, 0.15) is 11.8 Å². The second-order valence-corrected chi connectivity index (χ2v) is 3.70. The first kappa shape index (κ1) is 10.8. The van der Waals surface area contributed by atoms with Crippen molar-refractivity contribution in [3.63, 3.8) is 0 Å². The monoisotopic (exact) mass is 197 g/mol. The molecule has 1 atom stereocenters. The topological polar surface area (TPSA) is 65.5 Å². The molecule has 1 aromatic rings. The van der Waals surface area contributed by atoms with Crippen LogP contribution in [0.1, 0.15) is 19.6 Å². The Morgan fingerprint density at radius 2 is 2.29 bits per heavy atom. The van der Waals surface area contributed by atoms with Gasteiger partial charge in [0, 0.05) is 5.41 Å². The van der Waals surface area contributed by atoms with Crippen molar-refractivity contribution < 1.29 is 13.9 Å². The summed E-state index contributed by atoms with van der Waals surface area (Å²) in [4.78, 5) is 11.3. The average molecular weight is 197 g/mol. The van der Waals surface area contributed by atoms with Gasteiger partial charge in [-0.25, -0.2) is 0 Å². The van der Waals surface area contributed by atoms with Gasteiger partial charge in [0.25, 0.3) is 0 Å². The highest BCUT2D eigenvalue weighted by atomic mass is 16.5. The third-order valence-electron chi connectivity index (χ3n) is 2.39. The Morgan fingerprint density at radius 1 is 1.64 bits per heavy atom. The number of carbonyl (C=O) groups excluding carboxylic acids is 1. The van der Waals surface area contributed by atoms with Crippen LogP contribution in [0.3, 0.4) is 0 Å². The minimum absolute atomic E-state index is 0.439. The second kappa shape index (κ2) is 3.84. The number of nitrogens with two attached hydrogens (primary N) is 1. The van der Waals surface area contributed by atoms with Crippen molar-refractivity contribution in [1.82, 2.24) is 0 Å². The predicted octanol–water partition coefficient (Wildman–Crippen LogP) is 1.06. The van der Waals surface area contributed by atoms with Crippen molar-refractivity contribution in [3.05, 3.63) is 24.2 Å². The molecule has 0 spiro atoms. The first-order chi connectivity index (χ1) is 6.50. The van der Waals surface area contributed by atoms with Crippen LogP contribution in [0.15, 0.2) is 22.8 Å². The molecule has 0 aliphatic carbocycles. The van der Waals surface area contributed by atoms with Crippen LogP contribution >= 0.6 is 0 Å². The Kier molecular flexibility index (Phi) is 2.96. The standard InChI is InChI=1S/C10H15NO3/c1-10(2,7-5-4-6-14-7)8(11)9(12)13-3/h4-6,8H,11H2,1-3H3. The van der Waals surface area contributed by atoms with Crippen LogP contribution in [-0.4, -0.2) is 19.1 Å². The molecule has 0 saturated carbocycles. The van der Waals surface area contributed by atoms with E-state index in [0.29, 0.717) is 5.76 Å². The van der Waals surface area contributed by atoms with E-state index >= 15 is 0 Å². The van der Waals surface area contributed by atoms with Gasteiger partial charge in [-0.3, -0.25) is 4.79 Å². The molecule has 0 fully saturated rings. The number of hydrogen-bond donors (Lipinski definition) is 1. The van der Waals surface area contributed by atoms with E-state index in [1.54, 1.807) is 18.4 Å². The van der Waals surface area contributed by atoms with Crippen LogP contribution in [0.4, 0.5) is 0 Å². The van der Waals surface area contributed by atoms with Crippen LogP contribution < -0.4 is 5.73 Å². The molecule has 1 rings (SSSR count). The van der Waals surface area contributed by atoms with E-state index in [0.717, 1.165) is 0 Å². The zero-order valence-corrected chi connectivity index (χ0v) is 8.61. The molecule has 2 N–H and O–H groups in total. The smallest absolute Gasteiger partial charge is 0.323 e. The van der Waals surface area contributed by atoms with Crippen LogP contribution in [0.2, 0.25) is 0 Å². The summed E-state index contributed by atoms with van der Waals surface area (Å²) >= 11 is 0. The van der Waals surface area contributed by atoms with Crippen molar-refractivity contribution in [3.8, 4) is 0 Å². The normalized spacial score (nSPS) is 13.7. The third kappa shape index (κ3) is 1.80. The fraction of sp³-hybridized carbons (Fsp3) is 0.500. The van der Waals surface area contributed by atoms with Gasteiger partial charge in [-0.05, 0) is 12.1 Å². The fourth-order valence-corrected chi connectivity index (χ4v) is 1.22. The van der Waals surface area contributed by atoms with Crippen molar-refractivity contribution >= 4 is 5.97 Å². The van der Waals surface area contributed by atoms with Gasteiger partial charge >= 0.3 is 5.97 Å². The number of esters is 1. The van der Waals surface area contributed by atoms with Crippen LogP contribution in [0.5, 0.6) is 0 Å². The molecular weight excluding hydrogens is 182 g/mol. The van der Waals surface area contributed by atoms with Crippen LogP contribution in [0.25, 0.3) is 0 Å². The van der Waals surface area contributed by atoms with Gasteiger partial charge in [0.15, 0.2) is 0 Å². The lowest BCUT2D eigenvalue weighted by molar-refractivity contribution is -0.143. The summed E-state index contributed by atoms with van der Waals surface area (Å²) in [5.41, 5.74) is 5.20. The van der Waals surface area contributed by atoms with Gasteiger partial charge in [0.2, 0.25) is 0 Å². The van der Waals surface area contributed by atoms with Crippen molar-refractivity contribution in [2.45, 2.75) is 25.3 Å².